The van der Waals surface area contributed by atoms with Crippen LogP contribution in [0.5, 0.6) is 0 Å². The molecule has 0 aliphatic heterocycles. The smallest absolute Gasteiger partial charge is 0.333 e. The molecule has 188 valence electrons. The molecule has 0 aliphatic carbocycles. The van der Waals surface area contributed by atoms with E-state index in [1.807, 2.05) is 60.7 Å². The number of anilines is 1. The van der Waals surface area contributed by atoms with Gasteiger partial charge in [0.05, 0.1) is 19.5 Å². The number of carbonyl (C=O) groups is 1. The first-order chi connectivity index (χ1) is 17.5. The van der Waals surface area contributed by atoms with Crippen molar-refractivity contribution in [3.63, 3.8) is 0 Å². The molecule has 1 amide bonds. The lowest BCUT2D eigenvalue weighted by Gasteiger charge is -2.23. The van der Waals surface area contributed by atoms with E-state index < -0.39 is 11.2 Å². The van der Waals surface area contributed by atoms with Crippen molar-refractivity contribution in [1.29, 1.82) is 0 Å². The zero-order valence-corrected chi connectivity index (χ0v) is 20.7. The highest BCUT2D eigenvalue weighted by Crippen LogP contribution is 2.15. The molecule has 0 bridgehead atoms. The maximum atomic E-state index is 13.6. The second-order valence-corrected chi connectivity index (χ2v) is 8.58. The van der Waals surface area contributed by atoms with Crippen molar-refractivity contribution >= 4 is 22.8 Å². The number of imidazole rings is 1. The Morgan fingerprint density at radius 1 is 1.00 bits per heavy atom. The fraction of sp³-hybridized carbons (Fsp3) is 0.333. The summed E-state index contributed by atoms with van der Waals surface area (Å²) in [6, 6.07) is 18.8. The first-order valence-corrected chi connectivity index (χ1v) is 12.1. The minimum atomic E-state index is -0.565. The summed E-state index contributed by atoms with van der Waals surface area (Å²) in [5.74, 6) is -0.317. The number of hydrogen-bond acceptors (Lipinski definition) is 5. The lowest BCUT2D eigenvalue weighted by molar-refractivity contribution is -0.119. The third-order valence-corrected chi connectivity index (χ3v) is 6.10. The van der Waals surface area contributed by atoms with Gasteiger partial charge in [-0.1, -0.05) is 61.9 Å². The van der Waals surface area contributed by atoms with E-state index >= 15 is 0 Å². The topological polar surface area (TPSA) is 91.4 Å². The molecule has 4 aromatic rings. The highest BCUT2D eigenvalue weighted by atomic mass is 16.5. The summed E-state index contributed by atoms with van der Waals surface area (Å²) < 4.78 is 9.34. The molecule has 0 fully saturated rings. The van der Waals surface area contributed by atoms with Crippen LogP contribution in [-0.2, 0) is 29.2 Å². The lowest BCUT2D eigenvalue weighted by Crippen LogP contribution is -2.45. The van der Waals surface area contributed by atoms with Crippen molar-refractivity contribution < 1.29 is 9.53 Å². The summed E-state index contributed by atoms with van der Waals surface area (Å²) in [6.07, 6.45) is 3.25. The van der Waals surface area contributed by atoms with Crippen molar-refractivity contribution in [1.82, 2.24) is 18.7 Å². The molecular weight excluding hydrogens is 458 g/mol. The number of fused-ring (bicyclic) bond motifs is 1. The van der Waals surface area contributed by atoms with Crippen LogP contribution in [-0.4, -0.2) is 44.9 Å². The van der Waals surface area contributed by atoms with E-state index in [2.05, 4.69) is 11.9 Å². The summed E-state index contributed by atoms with van der Waals surface area (Å²) in [4.78, 5) is 46.7. The highest BCUT2D eigenvalue weighted by molar-refractivity contribution is 5.93. The molecule has 9 heteroatoms. The van der Waals surface area contributed by atoms with E-state index in [0.29, 0.717) is 25.3 Å². The molecule has 2 heterocycles. The Hall–Kier alpha value is -3.98. The lowest BCUT2D eigenvalue weighted by atomic mass is 10.2. The van der Waals surface area contributed by atoms with Crippen molar-refractivity contribution in [2.45, 2.75) is 39.4 Å². The van der Waals surface area contributed by atoms with Crippen LogP contribution in [0.4, 0.5) is 5.69 Å². The monoisotopic (exact) mass is 489 g/mol. The van der Waals surface area contributed by atoms with Gasteiger partial charge in [0.15, 0.2) is 11.2 Å². The van der Waals surface area contributed by atoms with Gasteiger partial charge in [-0.25, -0.2) is 14.3 Å². The molecule has 0 atom stereocenters. The maximum absolute atomic E-state index is 13.6. The van der Waals surface area contributed by atoms with Crippen LogP contribution in [0.2, 0.25) is 0 Å². The first-order valence-electron chi connectivity index (χ1n) is 12.1. The molecule has 0 N–H and O–H groups in total. The van der Waals surface area contributed by atoms with Gasteiger partial charge >= 0.3 is 5.69 Å². The summed E-state index contributed by atoms with van der Waals surface area (Å²) in [5, 5.41) is 0. The Morgan fingerprint density at radius 3 is 2.36 bits per heavy atom. The van der Waals surface area contributed by atoms with Gasteiger partial charge in [-0.2, -0.15) is 0 Å². The summed E-state index contributed by atoms with van der Waals surface area (Å²) >= 11 is 0. The molecule has 0 saturated carbocycles. The van der Waals surface area contributed by atoms with E-state index in [1.165, 1.54) is 10.9 Å². The highest BCUT2D eigenvalue weighted by Gasteiger charge is 2.22. The number of benzene rings is 2. The molecule has 0 spiro atoms. The van der Waals surface area contributed by atoms with Crippen LogP contribution >= 0.6 is 0 Å². The number of para-hydroxylation sites is 1. The second kappa shape index (κ2) is 11.6. The Kier molecular flexibility index (Phi) is 8.12. The Labute approximate surface area is 209 Å². The number of methoxy groups -OCH3 is 1. The quantitative estimate of drug-likeness (QED) is 0.323. The van der Waals surface area contributed by atoms with Crippen molar-refractivity contribution in [2.24, 2.45) is 0 Å². The number of unbranched alkanes of at least 4 members (excludes halogenated alkanes) is 1. The van der Waals surface area contributed by atoms with E-state index in [0.717, 1.165) is 28.7 Å². The van der Waals surface area contributed by atoms with Crippen LogP contribution in [0.15, 0.2) is 76.6 Å². The van der Waals surface area contributed by atoms with Gasteiger partial charge in [0.2, 0.25) is 5.91 Å². The van der Waals surface area contributed by atoms with E-state index in [9.17, 15) is 14.4 Å². The number of ether oxygens (including phenoxy) is 1. The number of carbonyl (C=O) groups excluding carboxylic acids is 1. The van der Waals surface area contributed by atoms with Crippen LogP contribution in [0, 0.1) is 0 Å². The fourth-order valence-electron chi connectivity index (χ4n) is 4.19. The Morgan fingerprint density at radius 2 is 1.69 bits per heavy atom. The summed E-state index contributed by atoms with van der Waals surface area (Å²) in [7, 11) is 1.58. The van der Waals surface area contributed by atoms with Crippen LogP contribution in [0.3, 0.4) is 0 Å². The van der Waals surface area contributed by atoms with Gasteiger partial charge in [0.25, 0.3) is 5.56 Å². The zero-order valence-electron chi connectivity index (χ0n) is 20.7. The van der Waals surface area contributed by atoms with Gasteiger partial charge in [-0.05, 0) is 24.1 Å². The third kappa shape index (κ3) is 5.31. The molecule has 2 aromatic carbocycles. The molecule has 0 unspecified atom stereocenters. The van der Waals surface area contributed by atoms with Gasteiger partial charge in [-0.15, -0.1) is 0 Å². The average molecular weight is 490 g/mol. The molecule has 0 radical (unpaired) electrons. The summed E-state index contributed by atoms with van der Waals surface area (Å²) in [6.45, 7) is 3.18. The van der Waals surface area contributed by atoms with Gasteiger partial charge < -0.3 is 14.2 Å². The molecule has 0 saturated heterocycles. The standard InChI is InChI=1S/C27H31N5O4/c1-3-4-15-30(22-13-9-6-10-14-22)23(33)19-32-26(34)24-25(28-20-29(24)16-17-36-2)31(27(32)35)18-21-11-7-5-8-12-21/h5-14,20H,3-4,15-19H2,1-2H3. The normalized spacial score (nSPS) is 11.2. The molecular formula is C27H31N5O4. The molecule has 4 rings (SSSR count). The summed E-state index contributed by atoms with van der Waals surface area (Å²) in [5.41, 5.74) is 1.09. The molecule has 2 aromatic heterocycles. The predicted octanol–water partition coefficient (Wildman–Crippen LogP) is 2.89. The zero-order chi connectivity index (χ0) is 25.5. The Bertz CT molecular complexity index is 1420. The Balaban J connectivity index is 1.81. The molecule has 0 aliphatic rings. The SMILES string of the molecule is CCCCN(C(=O)Cn1c(=O)c2c(ncn2CCOC)n(Cc2ccccc2)c1=O)c1ccccc1. The third-order valence-electron chi connectivity index (χ3n) is 6.10. The minimum absolute atomic E-state index is 0.226. The molecule has 9 nitrogen and oxygen atoms in total. The largest absolute Gasteiger partial charge is 0.383 e. The number of hydrogen-bond donors (Lipinski definition) is 0. The van der Waals surface area contributed by atoms with Crippen molar-refractivity contribution in [2.75, 3.05) is 25.2 Å². The maximum Gasteiger partial charge on any atom is 0.333 e. The van der Waals surface area contributed by atoms with Crippen LogP contribution in [0.1, 0.15) is 25.3 Å². The van der Waals surface area contributed by atoms with Gasteiger partial charge in [0.1, 0.15) is 6.54 Å². The van der Waals surface area contributed by atoms with E-state index in [-0.39, 0.29) is 24.5 Å². The van der Waals surface area contributed by atoms with Crippen LogP contribution in [0.25, 0.3) is 11.2 Å². The average Bonchev–Trinajstić information content (AvgIpc) is 3.33. The number of aromatic nitrogens is 4. The predicted molar refractivity (Wildman–Crippen MR) is 139 cm³/mol. The number of amides is 1. The fourth-order valence-corrected chi connectivity index (χ4v) is 4.19. The van der Waals surface area contributed by atoms with Crippen molar-refractivity contribution in [3.05, 3.63) is 93.4 Å². The number of rotatable bonds is 11. The van der Waals surface area contributed by atoms with Gasteiger partial charge in [-0.3, -0.25) is 14.2 Å². The first kappa shape index (κ1) is 25.1. The number of nitrogens with zero attached hydrogens (tertiary/aromatic N) is 5. The van der Waals surface area contributed by atoms with Crippen LogP contribution < -0.4 is 16.1 Å². The second-order valence-electron chi connectivity index (χ2n) is 8.58. The minimum Gasteiger partial charge on any atom is -0.383 e. The van der Waals surface area contributed by atoms with Crippen molar-refractivity contribution in [3.8, 4) is 0 Å². The van der Waals surface area contributed by atoms with Gasteiger partial charge in [0, 0.05) is 25.9 Å². The van der Waals surface area contributed by atoms with E-state index in [1.54, 1.807) is 16.6 Å². The van der Waals surface area contributed by atoms with E-state index in [4.69, 9.17) is 4.74 Å². The molecule has 36 heavy (non-hydrogen) atoms.